The van der Waals surface area contributed by atoms with Gasteiger partial charge in [0.2, 0.25) is 0 Å². The van der Waals surface area contributed by atoms with Gasteiger partial charge in [0, 0.05) is 26.2 Å². The number of morpholine rings is 2. The molecule has 2 saturated heterocycles. The van der Waals surface area contributed by atoms with E-state index in [1.165, 1.54) is 12.8 Å². The first kappa shape index (κ1) is 22.2. The van der Waals surface area contributed by atoms with E-state index in [9.17, 15) is 4.79 Å². The number of amides is 1. The fourth-order valence-corrected chi connectivity index (χ4v) is 4.37. The molecule has 8 heteroatoms. The largest absolute Gasteiger partial charge is 0.493 e. The molecule has 1 unspecified atom stereocenters. The van der Waals surface area contributed by atoms with E-state index in [0.29, 0.717) is 26.3 Å². The van der Waals surface area contributed by atoms with Gasteiger partial charge in [-0.1, -0.05) is 6.07 Å². The van der Waals surface area contributed by atoms with Crippen LogP contribution in [0.15, 0.2) is 18.2 Å². The summed E-state index contributed by atoms with van der Waals surface area (Å²) in [6, 6.07) is 5.90. The predicted molar refractivity (Wildman–Crippen MR) is 115 cm³/mol. The van der Waals surface area contributed by atoms with Gasteiger partial charge in [-0.3, -0.25) is 4.90 Å². The molecule has 1 aromatic rings. The standard InChI is InChI=1S/C23H34N2O6/c1-27-20-7-6-18(16-21(20)31-19-4-2-3-5-19)22-17-25(11-15-29-22)23(26)30-14-10-24-8-12-28-13-9-24/h6-7,16,19,22H,2-5,8-15,17H2,1H3. The van der Waals surface area contributed by atoms with E-state index in [-0.39, 0.29) is 18.3 Å². The van der Waals surface area contributed by atoms with Crippen molar-refractivity contribution in [1.82, 2.24) is 9.80 Å². The third kappa shape index (κ3) is 6.02. The van der Waals surface area contributed by atoms with E-state index in [1.807, 2.05) is 18.2 Å². The highest BCUT2D eigenvalue weighted by Crippen LogP contribution is 2.35. The maximum absolute atomic E-state index is 12.6. The summed E-state index contributed by atoms with van der Waals surface area (Å²) in [4.78, 5) is 16.6. The first-order valence-electron chi connectivity index (χ1n) is 11.4. The molecule has 2 aliphatic heterocycles. The van der Waals surface area contributed by atoms with Crippen LogP contribution in [0.3, 0.4) is 0 Å². The smallest absolute Gasteiger partial charge is 0.409 e. The second-order valence-electron chi connectivity index (χ2n) is 8.31. The second-order valence-corrected chi connectivity index (χ2v) is 8.31. The zero-order valence-electron chi connectivity index (χ0n) is 18.4. The maximum atomic E-state index is 12.6. The van der Waals surface area contributed by atoms with Gasteiger partial charge >= 0.3 is 6.09 Å². The summed E-state index contributed by atoms with van der Waals surface area (Å²) in [5.41, 5.74) is 0.986. The lowest BCUT2D eigenvalue weighted by atomic mass is 10.1. The van der Waals surface area contributed by atoms with Crippen molar-refractivity contribution >= 4 is 6.09 Å². The van der Waals surface area contributed by atoms with Crippen molar-refractivity contribution in [2.45, 2.75) is 37.9 Å². The van der Waals surface area contributed by atoms with Gasteiger partial charge in [-0.2, -0.15) is 0 Å². The number of hydrogen-bond donors (Lipinski definition) is 0. The third-order valence-corrected chi connectivity index (χ3v) is 6.22. The number of rotatable bonds is 7. The average Bonchev–Trinajstić information content (AvgIpc) is 3.33. The Morgan fingerprint density at radius 2 is 1.90 bits per heavy atom. The Kier molecular flexibility index (Phi) is 7.88. The average molecular weight is 435 g/mol. The van der Waals surface area contributed by atoms with Crippen LogP contribution in [0.5, 0.6) is 11.5 Å². The van der Waals surface area contributed by atoms with E-state index < -0.39 is 0 Å². The van der Waals surface area contributed by atoms with Crippen LogP contribution < -0.4 is 9.47 Å². The molecule has 0 bridgehead atoms. The Labute approximate surface area is 184 Å². The molecule has 0 N–H and O–H groups in total. The minimum absolute atomic E-state index is 0.211. The molecule has 172 valence electrons. The van der Waals surface area contributed by atoms with Crippen molar-refractivity contribution in [3.05, 3.63) is 23.8 Å². The van der Waals surface area contributed by atoms with Gasteiger partial charge in [0.25, 0.3) is 0 Å². The summed E-state index contributed by atoms with van der Waals surface area (Å²) in [6.45, 7) is 5.88. The fraction of sp³-hybridized carbons (Fsp3) is 0.696. The molecule has 1 aromatic carbocycles. The van der Waals surface area contributed by atoms with E-state index in [4.69, 9.17) is 23.7 Å². The molecule has 3 aliphatic rings. The van der Waals surface area contributed by atoms with Gasteiger partial charge in [-0.15, -0.1) is 0 Å². The Bertz CT molecular complexity index is 718. The summed E-state index contributed by atoms with van der Waals surface area (Å²) in [7, 11) is 1.66. The molecule has 1 saturated carbocycles. The Hall–Kier alpha value is -2.03. The molecule has 1 aliphatic carbocycles. The summed E-state index contributed by atoms with van der Waals surface area (Å²) >= 11 is 0. The first-order valence-corrected chi connectivity index (χ1v) is 11.4. The summed E-state index contributed by atoms with van der Waals surface area (Å²) in [5.74, 6) is 1.48. The highest BCUT2D eigenvalue weighted by atomic mass is 16.6. The highest BCUT2D eigenvalue weighted by molar-refractivity contribution is 5.67. The Morgan fingerprint density at radius 1 is 1.10 bits per heavy atom. The first-order chi connectivity index (χ1) is 15.2. The van der Waals surface area contributed by atoms with Crippen LogP contribution >= 0.6 is 0 Å². The lowest BCUT2D eigenvalue weighted by molar-refractivity contribution is -0.0308. The highest BCUT2D eigenvalue weighted by Gasteiger charge is 2.28. The van der Waals surface area contributed by atoms with E-state index in [0.717, 1.165) is 62.8 Å². The van der Waals surface area contributed by atoms with Crippen molar-refractivity contribution in [3.8, 4) is 11.5 Å². The fourth-order valence-electron chi connectivity index (χ4n) is 4.37. The van der Waals surface area contributed by atoms with Gasteiger partial charge in [0.05, 0.1) is 39.6 Å². The molecule has 8 nitrogen and oxygen atoms in total. The Balaban J connectivity index is 1.32. The molecule has 0 spiro atoms. The monoisotopic (exact) mass is 434 g/mol. The molecule has 3 fully saturated rings. The molecule has 31 heavy (non-hydrogen) atoms. The van der Waals surface area contributed by atoms with Crippen molar-refractivity contribution in [1.29, 1.82) is 0 Å². The molecular formula is C23H34N2O6. The molecule has 0 radical (unpaired) electrons. The minimum Gasteiger partial charge on any atom is -0.493 e. The van der Waals surface area contributed by atoms with Crippen molar-refractivity contribution in [2.75, 3.05) is 66.3 Å². The molecule has 1 amide bonds. The normalized spacial score (nSPS) is 23.0. The van der Waals surface area contributed by atoms with Crippen LogP contribution in [-0.2, 0) is 14.2 Å². The minimum atomic E-state index is -0.280. The topological polar surface area (TPSA) is 69.7 Å². The number of carbonyl (C=O) groups is 1. The number of benzene rings is 1. The third-order valence-electron chi connectivity index (χ3n) is 6.22. The number of nitrogens with zero attached hydrogens (tertiary/aromatic N) is 2. The van der Waals surface area contributed by atoms with Crippen LogP contribution in [0, 0.1) is 0 Å². The number of ether oxygens (including phenoxy) is 5. The van der Waals surface area contributed by atoms with Gasteiger partial charge in [-0.05, 0) is 43.4 Å². The maximum Gasteiger partial charge on any atom is 0.409 e. The lowest BCUT2D eigenvalue weighted by Crippen LogP contribution is -2.44. The molecule has 4 rings (SSSR count). The lowest BCUT2D eigenvalue weighted by Gasteiger charge is -2.33. The van der Waals surface area contributed by atoms with Crippen LogP contribution in [-0.4, -0.2) is 88.3 Å². The van der Waals surface area contributed by atoms with E-state index in [2.05, 4.69) is 4.90 Å². The van der Waals surface area contributed by atoms with Gasteiger partial charge in [0.1, 0.15) is 12.7 Å². The van der Waals surface area contributed by atoms with Crippen molar-refractivity contribution < 1.29 is 28.5 Å². The summed E-state index contributed by atoms with van der Waals surface area (Å²) < 4.78 is 28.5. The molecule has 2 heterocycles. The number of carbonyl (C=O) groups excluding carboxylic acids is 1. The zero-order chi connectivity index (χ0) is 21.5. The van der Waals surface area contributed by atoms with Crippen LogP contribution in [0.2, 0.25) is 0 Å². The van der Waals surface area contributed by atoms with Gasteiger partial charge in [0.15, 0.2) is 11.5 Å². The number of methoxy groups -OCH3 is 1. The van der Waals surface area contributed by atoms with Crippen LogP contribution in [0.4, 0.5) is 4.79 Å². The van der Waals surface area contributed by atoms with E-state index in [1.54, 1.807) is 12.0 Å². The zero-order valence-corrected chi connectivity index (χ0v) is 18.4. The Morgan fingerprint density at radius 3 is 2.68 bits per heavy atom. The van der Waals surface area contributed by atoms with Crippen molar-refractivity contribution in [2.24, 2.45) is 0 Å². The van der Waals surface area contributed by atoms with Crippen LogP contribution in [0.1, 0.15) is 37.4 Å². The summed E-state index contributed by atoms with van der Waals surface area (Å²) in [6.07, 6.45) is 4.33. The predicted octanol–water partition coefficient (Wildman–Crippen LogP) is 2.86. The van der Waals surface area contributed by atoms with Gasteiger partial charge < -0.3 is 28.6 Å². The van der Waals surface area contributed by atoms with Crippen molar-refractivity contribution in [3.63, 3.8) is 0 Å². The SMILES string of the molecule is COc1ccc(C2CN(C(=O)OCCN3CCOCC3)CCO2)cc1OC1CCCC1. The van der Waals surface area contributed by atoms with Gasteiger partial charge in [-0.25, -0.2) is 4.79 Å². The quantitative estimate of drug-likeness (QED) is 0.654. The summed E-state index contributed by atoms with van der Waals surface area (Å²) in [5, 5.41) is 0. The van der Waals surface area contributed by atoms with Crippen LogP contribution in [0.25, 0.3) is 0 Å². The van der Waals surface area contributed by atoms with E-state index >= 15 is 0 Å². The molecular weight excluding hydrogens is 400 g/mol. The second kappa shape index (κ2) is 11.0. The number of hydrogen-bond acceptors (Lipinski definition) is 7. The molecule has 0 aromatic heterocycles. The molecule has 1 atom stereocenters.